The smallest absolute Gasteiger partial charge is 0.339 e. The molecule has 3 heterocycles. The van der Waals surface area contributed by atoms with Crippen molar-refractivity contribution in [2.24, 2.45) is 0 Å². The third-order valence-corrected chi connectivity index (χ3v) is 5.35. The number of hydrogen-bond donors (Lipinski definition) is 0. The monoisotopic (exact) mass is 446 g/mol. The van der Waals surface area contributed by atoms with Gasteiger partial charge in [0.2, 0.25) is 0 Å². The molecule has 8 nitrogen and oxygen atoms in total. The van der Waals surface area contributed by atoms with Gasteiger partial charge in [-0.25, -0.2) is 9.78 Å². The van der Waals surface area contributed by atoms with Crippen LogP contribution in [0, 0.1) is 0 Å². The molecular formula is C25H26N4O4. The molecule has 0 unspecified atom stereocenters. The van der Waals surface area contributed by atoms with E-state index in [2.05, 4.69) is 14.9 Å². The Balaban J connectivity index is 1.43. The van der Waals surface area contributed by atoms with Gasteiger partial charge in [-0.15, -0.1) is 0 Å². The molecule has 1 aliphatic heterocycles. The maximum absolute atomic E-state index is 13.3. The second kappa shape index (κ2) is 10.6. The minimum Gasteiger partial charge on any atom is -0.462 e. The number of rotatable bonds is 6. The Morgan fingerprint density at radius 3 is 2.58 bits per heavy atom. The molecule has 0 radical (unpaired) electrons. The normalized spacial score (nSPS) is 13.8. The molecule has 0 atom stereocenters. The average Bonchev–Trinajstić information content (AvgIpc) is 3.11. The summed E-state index contributed by atoms with van der Waals surface area (Å²) in [5, 5.41) is 0. The van der Waals surface area contributed by atoms with Gasteiger partial charge in [-0.3, -0.25) is 9.78 Å². The van der Waals surface area contributed by atoms with E-state index < -0.39 is 0 Å². The fraction of sp³-hybridized carbons (Fsp3) is 0.280. The Bertz CT molecular complexity index is 1090. The van der Waals surface area contributed by atoms with E-state index in [0.717, 1.165) is 18.8 Å². The number of ether oxygens (including phenoxy) is 2. The number of carbonyl (C=O) groups excluding carboxylic acids is 2. The van der Waals surface area contributed by atoms with Gasteiger partial charge in [0.25, 0.3) is 5.91 Å². The van der Waals surface area contributed by atoms with Gasteiger partial charge in [-0.2, -0.15) is 0 Å². The van der Waals surface area contributed by atoms with Crippen molar-refractivity contribution in [1.82, 2.24) is 14.9 Å². The van der Waals surface area contributed by atoms with Crippen molar-refractivity contribution in [3.05, 3.63) is 78.2 Å². The fourth-order valence-electron chi connectivity index (χ4n) is 3.68. The second-order valence-corrected chi connectivity index (χ2v) is 7.55. The molecule has 0 bridgehead atoms. The molecule has 3 aromatic rings. The van der Waals surface area contributed by atoms with E-state index in [-0.39, 0.29) is 11.9 Å². The highest BCUT2D eigenvalue weighted by Gasteiger charge is 2.24. The zero-order valence-corrected chi connectivity index (χ0v) is 18.5. The summed E-state index contributed by atoms with van der Waals surface area (Å²) in [6, 6.07) is 14.6. The van der Waals surface area contributed by atoms with Crippen LogP contribution in [0.1, 0.15) is 34.1 Å². The standard InChI is InChI=1S/C25H26N4O4/c1-2-32-25(31)19-9-10-23(27-17-19)28-13-6-14-29(16-15-28)24(30)21-11-12-26-18-22(21)33-20-7-4-3-5-8-20/h3-5,7-12,17-18H,2,6,13-16H2,1H3. The van der Waals surface area contributed by atoms with E-state index in [1.807, 2.05) is 41.3 Å². The SMILES string of the molecule is CCOC(=O)c1ccc(N2CCCN(C(=O)c3ccncc3Oc3ccccc3)CC2)nc1. The zero-order valence-electron chi connectivity index (χ0n) is 18.5. The number of amides is 1. The molecule has 170 valence electrons. The predicted molar refractivity (Wildman–Crippen MR) is 124 cm³/mol. The van der Waals surface area contributed by atoms with Crippen LogP contribution in [0.15, 0.2) is 67.1 Å². The molecular weight excluding hydrogens is 420 g/mol. The van der Waals surface area contributed by atoms with Crippen LogP contribution in [-0.2, 0) is 4.74 Å². The van der Waals surface area contributed by atoms with Crippen LogP contribution in [-0.4, -0.2) is 59.5 Å². The first kappa shape index (κ1) is 22.3. The summed E-state index contributed by atoms with van der Waals surface area (Å²) in [6.45, 7) is 4.67. The number of carbonyl (C=O) groups is 2. The molecule has 4 rings (SSSR count). The van der Waals surface area contributed by atoms with Crippen LogP contribution in [0.2, 0.25) is 0 Å². The van der Waals surface area contributed by atoms with Gasteiger partial charge in [0, 0.05) is 38.6 Å². The van der Waals surface area contributed by atoms with Crippen molar-refractivity contribution in [3.63, 3.8) is 0 Å². The first-order chi connectivity index (χ1) is 16.2. The lowest BCUT2D eigenvalue weighted by Crippen LogP contribution is -2.35. The van der Waals surface area contributed by atoms with Crippen molar-refractivity contribution in [2.45, 2.75) is 13.3 Å². The lowest BCUT2D eigenvalue weighted by atomic mass is 10.2. The third-order valence-electron chi connectivity index (χ3n) is 5.35. The van der Waals surface area contributed by atoms with Crippen molar-refractivity contribution in [3.8, 4) is 11.5 Å². The molecule has 8 heteroatoms. The topological polar surface area (TPSA) is 84.9 Å². The first-order valence-electron chi connectivity index (χ1n) is 11.0. The largest absolute Gasteiger partial charge is 0.462 e. The van der Waals surface area contributed by atoms with Crippen LogP contribution in [0.3, 0.4) is 0 Å². The van der Waals surface area contributed by atoms with Crippen LogP contribution >= 0.6 is 0 Å². The zero-order chi connectivity index (χ0) is 23.0. The van der Waals surface area contributed by atoms with Gasteiger partial charge in [0.1, 0.15) is 11.6 Å². The van der Waals surface area contributed by atoms with E-state index in [9.17, 15) is 9.59 Å². The summed E-state index contributed by atoms with van der Waals surface area (Å²) < 4.78 is 10.9. The minimum atomic E-state index is -0.380. The van der Waals surface area contributed by atoms with E-state index in [1.165, 1.54) is 6.20 Å². The quantitative estimate of drug-likeness (QED) is 0.533. The molecule has 1 saturated heterocycles. The molecule has 2 aromatic heterocycles. The number of anilines is 1. The maximum atomic E-state index is 13.3. The second-order valence-electron chi connectivity index (χ2n) is 7.55. The first-order valence-corrected chi connectivity index (χ1v) is 11.0. The number of para-hydroxylation sites is 1. The molecule has 1 aromatic carbocycles. The Morgan fingerprint density at radius 2 is 1.82 bits per heavy atom. The third kappa shape index (κ3) is 5.46. The van der Waals surface area contributed by atoms with Gasteiger partial charge in [-0.1, -0.05) is 18.2 Å². The van der Waals surface area contributed by atoms with Crippen molar-refractivity contribution >= 4 is 17.7 Å². The maximum Gasteiger partial charge on any atom is 0.339 e. The lowest BCUT2D eigenvalue weighted by Gasteiger charge is -2.23. The Morgan fingerprint density at radius 1 is 0.970 bits per heavy atom. The summed E-state index contributed by atoms with van der Waals surface area (Å²) in [4.78, 5) is 37.7. The summed E-state index contributed by atoms with van der Waals surface area (Å²) in [6.07, 6.45) is 5.50. The van der Waals surface area contributed by atoms with E-state index in [1.54, 1.807) is 31.5 Å². The Kier molecular flexibility index (Phi) is 7.14. The minimum absolute atomic E-state index is 0.0872. The number of aromatic nitrogens is 2. The number of esters is 1. The lowest BCUT2D eigenvalue weighted by molar-refractivity contribution is 0.0525. The number of benzene rings is 1. The summed E-state index contributed by atoms with van der Waals surface area (Å²) >= 11 is 0. The molecule has 1 fully saturated rings. The van der Waals surface area contributed by atoms with Gasteiger partial charge in [-0.05, 0) is 43.7 Å². The van der Waals surface area contributed by atoms with Crippen molar-refractivity contribution in [2.75, 3.05) is 37.7 Å². The van der Waals surface area contributed by atoms with Gasteiger partial charge >= 0.3 is 5.97 Å². The molecule has 0 saturated carbocycles. The molecule has 1 aliphatic rings. The van der Waals surface area contributed by atoms with E-state index >= 15 is 0 Å². The molecule has 0 spiro atoms. The highest BCUT2D eigenvalue weighted by Crippen LogP contribution is 2.26. The van der Waals surface area contributed by atoms with Crippen LogP contribution in [0.5, 0.6) is 11.5 Å². The van der Waals surface area contributed by atoms with Crippen LogP contribution in [0.4, 0.5) is 5.82 Å². The van der Waals surface area contributed by atoms with Crippen LogP contribution in [0.25, 0.3) is 0 Å². The highest BCUT2D eigenvalue weighted by atomic mass is 16.5. The van der Waals surface area contributed by atoms with Gasteiger partial charge in [0.05, 0.1) is 23.9 Å². The summed E-state index contributed by atoms with van der Waals surface area (Å²) in [5.41, 5.74) is 0.912. The number of pyridine rings is 2. The van der Waals surface area contributed by atoms with Crippen molar-refractivity contribution < 1.29 is 19.1 Å². The fourth-order valence-corrected chi connectivity index (χ4v) is 3.68. The van der Waals surface area contributed by atoms with Gasteiger partial charge in [0.15, 0.2) is 5.75 Å². The average molecular weight is 447 g/mol. The van der Waals surface area contributed by atoms with Crippen molar-refractivity contribution in [1.29, 1.82) is 0 Å². The van der Waals surface area contributed by atoms with Crippen LogP contribution < -0.4 is 9.64 Å². The van der Waals surface area contributed by atoms with E-state index in [4.69, 9.17) is 9.47 Å². The summed E-state index contributed by atoms with van der Waals surface area (Å²) in [7, 11) is 0. The Hall–Kier alpha value is -3.94. The predicted octanol–water partition coefficient (Wildman–Crippen LogP) is 3.80. The Labute approximate surface area is 192 Å². The molecule has 0 aliphatic carbocycles. The van der Waals surface area contributed by atoms with E-state index in [0.29, 0.717) is 48.9 Å². The molecule has 0 N–H and O–H groups in total. The number of nitrogens with zero attached hydrogens (tertiary/aromatic N) is 4. The molecule has 1 amide bonds. The number of hydrogen-bond acceptors (Lipinski definition) is 7. The molecule has 33 heavy (non-hydrogen) atoms. The highest BCUT2D eigenvalue weighted by molar-refractivity contribution is 5.97. The summed E-state index contributed by atoms with van der Waals surface area (Å²) in [5.74, 6) is 1.39. The van der Waals surface area contributed by atoms with Gasteiger partial charge < -0.3 is 19.3 Å².